The van der Waals surface area contributed by atoms with Gasteiger partial charge in [-0.15, -0.1) is 23.1 Å². The van der Waals surface area contributed by atoms with Crippen molar-refractivity contribution in [2.45, 2.75) is 24.3 Å². The first-order valence-electron chi connectivity index (χ1n) is 11.6. The summed E-state index contributed by atoms with van der Waals surface area (Å²) in [4.78, 5) is 57.6. The molecule has 196 valence electrons. The second kappa shape index (κ2) is 10.1. The molecular weight excluding hydrogens is 522 g/mol. The largest absolute Gasteiger partial charge is 0.477 e. The third-order valence-electron chi connectivity index (χ3n) is 6.77. The molecule has 4 aliphatic rings. The van der Waals surface area contributed by atoms with E-state index >= 15 is 0 Å². The van der Waals surface area contributed by atoms with Crippen molar-refractivity contribution in [2.24, 2.45) is 11.1 Å². The predicted octanol–water partition coefficient (Wildman–Crippen LogP) is -0.590. The van der Waals surface area contributed by atoms with Crippen LogP contribution in [0, 0.1) is 5.92 Å². The Kier molecular flexibility index (Phi) is 6.92. The first-order chi connectivity index (χ1) is 17.8. The number of thioether (sulfide) groups is 1. The van der Waals surface area contributed by atoms with Crippen molar-refractivity contribution < 1.29 is 29.5 Å². The highest BCUT2D eigenvalue weighted by Gasteiger charge is 2.54. The number of nitrogens with zero attached hydrogens (tertiary/aromatic N) is 4. The number of likely N-dealkylation sites (tertiary alicyclic amines) is 1. The van der Waals surface area contributed by atoms with Gasteiger partial charge in [-0.1, -0.05) is 5.16 Å². The van der Waals surface area contributed by atoms with Gasteiger partial charge in [-0.3, -0.25) is 19.3 Å². The highest BCUT2D eigenvalue weighted by Crippen LogP contribution is 2.41. The Morgan fingerprint density at radius 1 is 1.38 bits per heavy atom. The van der Waals surface area contributed by atoms with Gasteiger partial charge < -0.3 is 31.6 Å². The zero-order valence-electron chi connectivity index (χ0n) is 19.5. The summed E-state index contributed by atoms with van der Waals surface area (Å²) in [5, 5.41) is 29.0. The fourth-order valence-corrected chi connectivity index (χ4v) is 6.79. The van der Waals surface area contributed by atoms with Crippen LogP contribution < -0.4 is 16.4 Å². The molecule has 6 N–H and O–H groups in total. The topological polar surface area (TPSA) is 191 Å². The number of carbonyl (C=O) groups excluding carboxylic acids is 3. The van der Waals surface area contributed by atoms with Gasteiger partial charge in [0, 0.05) is 29.8 Å². The van der Waals surface area contributed by atoms with Gasteiger partial charge in [-0.25, -0.2) is 9.78 Å². The summed E-state index contributed by atoms with van der Waals surface area (Å²) in [5.41, 5.74) is 5.94. The Bertz CT molecular complexity index is 1250. The molecule has 3 amide bonds. The van der Waals surface area contributed by atoms with E-state index in [0.29, 0.717) is 36.6 Å². The van der Waals surface area contributed by atoms with E-state index in [1.807, 2.05) is 0 Å². The Morgan fingerprint density at radius 2 is 2.19 bits per heavy atom. The van der Waals surface area contributed by atoms with Crippen molar-refractivity contribution in [3.8, 4) is 0 Å². The maximum Gasteiger partial charge on any atom is 0.352 e. The van der Waals surface area contributed by atoms with Crippen LogP contribution >= 0.6 is 23.1 Å². The maximum absolute atomic E-state index is 13.0. The first kappa shape index (κ1) is 25.2. The van der Waals surface area contributed by atoms with Crippen LogP contribution in [0.5, 0.6) is 0 Å². The third-order valence-corrected chi connectivity index (χ3v) is 8.75. The second-order valence-corrected chi connectivity index (χ2v) is 11.1. The molecule has 0 spiro atoms. The molecule has 0 aromatic carbocycles. The molecule has 3 saturated heterocycles. The van der Waals surface area contributed by atoms with E-state index in [0.717, 1.165) is 35.7 Å². The second-order valence-electron chi connectivity index (χ2n) is 9.09. The van der Waals surface area contributed by atoms with Crippen LogP contribution in [0.2, 0.25) is 0 Å². The fourth-order valence-electron chi connectivity index (χ4n) is 4.94. The molecule has 1 aromatic heterocycles. The van der Waals surface area contributed by atoms with Gasteiger partial charge in [-0.05, 0) is 43.5 Å². The molecule has 5 heterocycles. The number of fused-ring (bicyclic) bond motifs is 1. The van der Waals surface area contributed by atoms with Gasteiger partial charge in [0.15, 0.2) is 10.8 Å². The summed E-state index contributed by atoms with van der Waals surface area (Å²) in [6.07, 6.45) is 3.14. The normalized spacial score (nSPS) is 27.1. The Balaban J connectivity index is 1.30. The maximum atomic E-state index is 13.0. The number of allylic oxidation sites excluding steroid dienone is 1. The first-order valence-corrected chi connectivity index (χ1v) is 13.6. The monoisotopic (exact) mass is 547 g/mol. The molecule has 5 rings (SSSR count). The molecule has 0 saturated carbocycles. The minimum atomic E-state index is -1.29. The van der Waals surface area contributed by atoms with Gasteiger partial charge in [-0.2, -0.15) is 0 Å². The number of anilines is 1. The standard InChI is InChI=1S/C22H25N7O6S2/c23-22-25-13(9-37-22)14(27-35)17(30)26-15-19(32)29-16(21(33)34)12(8-36-20(15)29)5-11-2-4-28(18(11)31)7-10-1-3-24-6-10/h5,9-10,15,20,24,35H,1-4,6-8H2,(H2,23,25)(H,26,30)(H,33,34)/b11-5+,27-14-/t10?,15-,20-/m1/s1. The van der Waals surface area contributed by atoms with Crippen LogP contribution in [0.1, 0.15) is 18.5 Å². The summed E-state index contributed by atoms with van der Waals surface area (Å²) in [6.45, 7) is 3.08. The SMILES string of the molecule is Nc1nc(/C(=N/O)C(=O)N[C@@H]2C(=O)N3C(C(=O)O)=C(/C=C4\CCN(CC5CCNC5)C4=O)CS[C@H]23)cs1. The van der Waals surface area contributed by atoms with E-state index in [9.17, 15) is 29.5 Å². The molecule has 1 unspecified atom stereocenters. The summed E-state index contributed by atoms with van der Waals surface area (Å²) >= 11 is 2.34. The Morgan fingerprint density at radius 3 is 2.84 bits per heavy atom. The lowest BCUT2D eigenvalue weighted by Crippen LogP contribution is -2.71. The lowest BCUT2D eigenvalue weighted by Gasteiger charge is -2.49. The molecule has 0 radical (unpaired) electrons. The van der Waals surface area contributed by atoms with Gasteiger partial charge in [0.2, 0.25) is 5.91 Å². The van der Waals surface area contributed by atoms with Gasteiger partial charge in [0.25, 0.3) is 11.8 Å². The number of amides is 3. The highest BCUT2D eigenvalue weighted by atomic mass is 32.2. The minimum absolute atomic E-state index is 0.0573. The molecule has 13 nitrogen and oxygen atoms in total. The highest BCUT2D eigenvalue weighted by molar-refractivity contribution is 8.00. The van der Waals surface area contributed by atoms with Crippen LogP contribution in [-0.4, -0.2) is 97.8 Å². The number of carboxylic acid groups (broad SMARTS) is 1. The molecule has 0 aliphatic carbocycles. The van der Waals surface area contributed by atoms with E-state index in [2.05, 4.69) is 20.8 Å². The van der Waals surface area contributed by atoms with Crippen LogP contribution in [0.15, 0.2) is 33.5 Å². The van der Waals surface area contributed by atoms with E-state index in [4.69, 9.17) is 5.73 Å². The van der Waals surface area contributed by atoms with Gasteiger partial charge in [0.05, 0.1) is 0 Å². The van der Waals surface area contributed by atoms with Crippen molar-refractivity contribution >= 4 is 57.6 Å². The molecule has 0 bridgehead atoms. The van der Waals surface area contributed by atoms with Crippen molar-refractivity contribution in [3.05, 3.63) is 34.0 Å². The van der Waals surface area contributed by atoms with Crippen molar-refractivity contribution in [2.75, 3.05) is 37.7 Å². The van der Waals surface area contributed by atoms with E-state index < -0.39 is 34.9 Å². The molecule has 1 aromatic rings. The quantitative estimate of drug-likeness (QED) is 0.0969. The lowest BCUT2D eigenvalue weighted by atomic mass is 10.0. The van der Waals surface area contributed by atoms with Crippen LogP contribution in [0.3, 0.4) is 0 Å². The lowest BCUT2D eigenvalue weighted by molar-refractivity contribution is -0.150. The number of hydrogen-bond donors (Lipinski definition) is 5. The number of nitrogens with two attached hydrogens (primary N) is 1. The van der Waals surface area contributed by atoms with Crippen LogP contribution in [-0.2, 0) is 19.2 Å². The summed E-state index contributed by atoms with van der Waals surface area (Å²) in [5.74, 6) is -2.18. The number of aliphatic carboxylic acids is 1. The molecular formula is C22H25N7O6S2. The number of thiazole rings is 1. The fraction of sp³-hybridized carbons (Fsp3) is 0.455. The van der Waals surface area contributed by atoms with Crippen molar-refractivity contribution in [1.29, 1.82) is 0 Å². The zero-order valence-corrected chi connectivity index (χ0v) is 21.2. The number of rotatable bonds is 7. The molecule has 4 aliphatic heterocycles. The molecule has 3 fully saturated rings. The van der Waals surface area contributed by atoms with E-state index in [1.54, 1.807) is 11.0 Å². The van der Waals surface area contributed by atoms with Crippen molar-refractivity contribution in [1.82, 2.24) is 25.4 Å². The number of aromatic nitrogens is 1. The zero-order chi connectivity index (χ0) is 26.3. The molecule has 37 heavy (non-hydrogen) atoms. The molecule has 3 atom stereocenters. The summed E-state index contributed by atoms with van der Waals surface area (Å²) < 4.78 is 0. The average Bonchev–Trinajstić information content (AvgIpc) is 3.62. The number of carbonyl (C=O) groups is 4. The van der Waals surface area contributed by atoms with Crippen LogP contribution in [0.25, 0.3) is 0 Å². The minimum Gasteiger partial charge on any atom is -0.477 e. The Labute approximate surface area is 219 Å². The number of carboxylic acids is 1. The van der Waals surface area contributed by atoms with E-state index in [1.165, 1.54) is 17.1 Å². The summed E-state index contributed by atoms with van der Waals surface area (Å²) in [6, 6.07) is -1.02. The Hall–Kier alpha value is -3.43. The smallest absolute Gasteiger partial charge is 0.352 e. The van der Waals surface area contributed by atoms with Crippen LogP contribution in [0.4, 0.5) is 5.13 Å². The number of hydrogen-bond acceptors (Lipinski definition) is 11. The average molecular weight is 548 g/mol. The number of β-lactam (4-membered cyclic amide) rings is 1. The third kappa shape index (κ3) is 4.69. The predicted molar refractivity (Wildman–Crippen MR) is 135 cm³/mol. The van der Waals surface area contributed by atoms with Gasteiger partial charge >= 0.3 is 5.97 Å². The van der Waals surface area contributed by atoms with E-state index in [-0.39, 0.29) is 28.2 Å². The number of oxime groups is 1. The number of nitrogens with one attached hydrogen (secondary N) is 2. The van der Waals surface area contributed by atoms with Crippen molar-refractivity contribution in [3.63, 3.8) is 0 Å². The molecule has 15 heteroatoms. The summed E-state index contributed by atoms with van der Waals surface area (Å²) in [7, 11) is 0. The van der Waals surface area contributed by atoms with Gasteiger partial charge in [0.1, 0.15) is 22.8 Å². The number of nitrogen functional groups attached to an aromatic ring is 1.